The van der Waals surface area contributed by atoms with Crippen LogP contribution in [0.5, 0.6) is 0 Å². The number of benzene rings is 1. The molecule has 1 amide bonds. The molecule has 1 fully saturated rings. The van der Waals surface area contributed by atoms with Crippen molar-refractivity contribution in [3.05, 3.63) is 35.9 Å². The number of amides is 1. The van der Waals surface area contributed by atoms with Gasteiger partial charge in [-0.3, -0.25) is 4.79 Å². The molecule has 2 rings (SSSR count). The van der Waals surface area contributed by atoms with E-state index in [0.29, 0.717) is 12.8 Å². The second kappa shape index (κ2) is 6.61. The predicted molar refractivity (Wildman–Crippen MR) is 82.1 cm³/mol. The Balaban J connectivity index is 1.87. The van der Waals surface area contributed by atoms with Crippen LogP contribution in [0.2, 0.25) is 0 Å². The Kier molecular flexibility index (Phi) is 4.83. The Morgan fingerprint density at radius 2 is 2.10 bits per heavy atom. The molecule has 1 unspecified atom stereocenters. The Morgan fingerprint density at radius 3 is 2.62 bits per heavy atom. The summed E-state index contributed by atoms with van der Waals surface area (Å²) < 4.78 is 0. The van der Waals surface area contributed by atoms with Gasteiger partial charge >= 0.3 is 0 Å². The molecular weight excluding hydrogens is 266 g/mol. The van der Waals surface area contributed by atoms with Gasteiger partial charge < -0.3 is 16.3 Å². The molecule has 1 saturated carbocycles. The number of aryl methyl sites for hydroxylation is 1. The predicted octanol–water partition coefficient (Wildman–Crippen LogP) is 2.04. The van der Waals surface area contributed by atoms with Crippen molar-refractivity contribution < 1.29 is 10.0 Å². The lowest BCUT2D eigenvalue weighted by Crippen LogP contribution is -2.55. The normalized spacial score (nSPS) is 18.6. The zero-order chi connectivity index (χ0) is 15.3. The third-order valence-corrected chi connectivity index (χ3v) is 4.33. The number of nitrogens with two attached hydrogens (primary N) is 1. The number of amidine groups is 1. The fourth-order valence-electron chi connectivity index (χ4n) is 2.69. The van der Waals surface area contributed by atoms with Crippen LogP contribution in [0, 0.1) is 5.41 Å². The topological polar surface area (TPSA) is 87.7 Å². The summed E-state index contributed by atoms with van der Waals surface area (Å²) in [4.78, 5) is 12.4. The van der Waals surface area contributed by atoms with Gasteiger partial charge in [-0.2, -0.15) is 0 Å². The number of hydrogen-bond acceptors (Lipinski definition) is 3. The smallest absolute Gasteiger partial charge is 0.234 e. The van der Waals surface area contributed by atoms with E-state index in [1.807, 2.05) is 25.1 Å². The van der Waals surface area contributed by atoms with Crippen LogP contribution < -0.4 is 11.1 Å². The van der Waals surface area contributed by atoms with Crippen molar-refractivity contribution in [2.75, 3.05) is 0 Å². The van der Waals surface area contributed by atoms with Gasteiger partial charge in [0.15, 0.2) is 5.84 Å². The SMILES string of the molecule is CC(CCc1ccccc1)NC(=O)C1(/C(N)=N/O)CCC1. The van der Waals surface area contributed by atoms with Crippen LogP contribution in [-0.2, 0) is 11.2 Å². The monoisotopic (exact) mass is 289 g/mol. The molecule has 1 aromatic rings. The quantitative estimate of drug-likeness (QED) is 0.324. The van der Waals surface area contributed by atoms with E-state index in [0.717, 1.165) is 19.3 Å². The molecule has 1 aliphatic rings. The van der Waals surface area contributed by atoms with E-state index in [9.17, 15) is 4.79 Å². The second-order valence-electron chi connectivity index (χ2n) is 5.82. The van der Waals surface area contributed by atoms with Crippen LogP contribution in [0.15, 0.2) is 35.5 Å². The van der Waals surface area contributed by atoms with Crippen molar-refractivity contribution in [1.82, 2.24) is 5.32 Å². The first-order valence-corrected chi connectivity index (χ1v) is 7.41. The molecule has 5 nitrogen and oxygen atoms in total. The Bertz CT molecular complexity index is 510. The highest BCUT2D eigenvalue weighted by atomic mass is 16.4. The summed E-state index contributed by atoms with van der Waals surface area (Å²) in [6.45, 7) is 1.99. The highest BCUT2D eigenvalue weighted by Crippen LogP contribution is 2.41. The zero-order valence-corrected chi connectivity index (χ0v) is 12.4. The Labute approximate surface area is 125 Å². The molecule has 0 radical (unpaired) electrons. The molecule has 1 atom stereocenters. The van der Waals surface area contributed by atoms with Crippen LogP contribution in [0.3, 0.4) is 0 Å². The van der Waals surface area contributed by atoms with Gasteiger partial charge in [-0.25, -0.2) is 0 Å². The minimum absolute atomic E-state index is 0.0292. The summed E-state index contributed by atoms with van der Waals surface area (Å²) in [6, 6.07) is 10.2. The molecule has 0 heterocycles. The van der Waals surface area contributed by atoms with Gasteiger partial charge in [0.1, 0.15) is 5.41 Å². The summed E-state index contributed by atoms with van der Waals surface area (Å²) in [7, 11) is 0. The van der Waals surface area contributed by atoms with E-state index in [4.69, 9.17) is 10.9 Å². The molecule has 4 N–H and O–H groups in total. The molecule has 21 heavy (non-hydrogen) atoms. The number of carbonyl (C=O) groups excluding carboxylic acids is 1. The van der Waals surface area contributed by atoms with Gasteiger partial charge in [0.25, 0.3) is 0 Å². The van der Waals surface area contributed by atoms with Crippen LogP contribution in [0.4, 0.5) is 0 Å². The van der Waals surface area contributed by atoms with Gasteiger partial charge in [-0.05, 0) is 38.2 Å². The maximum Gasteiger partial charge on any atom is 0.234 e. The summed E-state index contributed by atoms with van der Waals surface area (Å²) in [5, 5.41) is 14.9. The van der Waals surface area contributed by atoms with Crippen molar-refractivity contribution in [1.29, 1.82) is 0 Å². The van der Waals surface area contributed by atoms with Crippen molar-refractivity contribution in [2.45, 2.75) is 45.1 Å². The van der Waals surface area contributed by atoms with Crippen molar-refractivity contribution in [2.24, 2.45) is 16.3 Å². The standard InChI is InChI=1S/C16H23N3O2/c1-12(8-9-13-6-3-2-4-7-13)18-15(20)16(10-5-11-16)14(17)19-21/h2-4,6-7,12,21H,5,8-11H2,1H3,(H2,17,19)(H,18,20). The first-order chi connectivity index (χ1) is 10.1. The minimum Gasteiger partial charge on any atom is -0.409 e. The molecular formula is C16H23N3O2. The van der Waals surface area contributed by atoms with Crippen LogP contribution in [0.1, 0.15) is 38.2 Å². The van der Waals surface area contributed by atoms with Gasteiger partial charge in [-0.15, -0.1) is 0 Å². The molecule has 1 aliphatic carbocycles. The van der Waals surface area contributed by atoms with Gasteiger partial charge in [0.2, 0.25) is 5.91 Å². The summed E-state index contributed by atoms with van der Waals surface area (Å²) in [5.74, 6) is -0.0916. The van der Waals surface area contributed by atoms with Gasteiger partial charge in [0, 0.05) is 6.04 Å². The molecule has 5 heteroatoms. The first kappa shape index (κ1) is 15.4. The Hall–Kier alpha value is -2.04. The van der Waals surface area contributed by atoms with Crippen molar-refractivity contribution in [3.8, 4) is 0 Å². The number of oxime groups is 1. The van der Waals surface area contributed by atoms with E-state index in [2.05, 4.69) is 22.6 Å². The largest absolute Gasteiger partial charge is 0.409 e. The molecule has 0 saturated heterocycles. The fourth-order valence-corrected chi connectivity index (χ4v) is 2.69. The molecule has 0 spiro atoms. The zero-order valence-electron chi connectivity index (χ0n) is 12.4. The highest BCUT2D eigenvalue weighted by Gasteiger charge is 2.48. The highest BCUT2D eigenvalue weighted by molar-refractivity contribution is 6.07. The van der Waals surface area contributed by atoms with Crippen LogP contribution in [-0.4, -0.2) is 23.0 Å². The van der Waals surface area contributed by atoms with E-state index in [1.54, 1.807) is 0 Å². The fraction of sp³-hybridized carbons (Fsp3) is 0.500. The summed E-state index contributed by atoms with van der Waals surface area (Å²) in [5.41, 5.74) is 6.16. The van der Waals surface area contributed by atoms with Crippen LogP contribution >= 0.6 is 0 Å². The van der Waals surface area contributed by atoms with Crippen molar-refractivity contribution in [3.63, 3.8) is 0 Å². The first-order valence-electron chi connectivity index (χ1n) is 7.41. The second-order valence-corrected chi connectivity index (χ2v) is 5.82. The minimum atomic E-state index is -0.796. The number of hydrogen-bond donors (Lipinski definition) is 3. The van der Waals surface area contributed by atoms with Crippen molar-refractivity contribution >= 4 is 11.7 Å². The number of rotatable bonds is 6. The molecule has 0 aliphatic heterocycles. The van der Waals surface area contributed by atoms with Gasteiger partial charge in [0.05, 0.1) is 0 Å². The van der Waals surface area contributed by atoms with Crippen LogP contribution in [0.25, 0.3) is 0 Å². The third kappa shape index (κ3) is 3.35. The lowest BCUT2D eigenvalue weighted by atomic mass is 9.67. The third-order valence-electron chi connectivity index (χ3n) is 4.33. The molecule has 0 aromatic heterocycles. The molecule has 114 valence electrons. The maximum atomic E-state index is 12.4. The van der Waals surface area contributed by atoms with E-state index >= 15 is 0 Å². The van der Waals surface area contributed by atoms with E-state index < -0.39 is 5.41 Å². The number of carbonyl (C=O) groups is 1. The summed E-state index contributed by atoms with van der Waals surface area (Å²) in [6.07, 6.45) is 4.02. The lowest BCUT2D eigenvalue weighted by molar-refractivity contribution is -0.131. The van der Waals surface area contributed by atoms with E-state index in [1.165, 1.54) is 5.56 Å². The lowest BCUT2D eigenvalue weighted by Gasteiger charge is -2.39. The molecule has 1 aromatic carbocycles. The number of nitrogens with one attached hydrogen (secondary N) is 1. The Morgan fingerprint density at radius 1 is 1.43 bits per heavy atom. The number of nitrogens with zero attached hydrogens (tertiary/aromatic N) is 1. The molecule has 0 bridgehead atoms. The van der Waals surface area contributed by atoms with E-state index in [-0.39, 0.29) is 17.8 Å². The average molecular weight is 289 g/mol. The van der Waals surface area contributed by atoms with Gasteiger partial charge in [-0.1, -0.05) is 41.9 Å². The summed E-state index contributed by atoms with van der Waals surface area (Å²) >= 11 is 0. The maximum absolute atomic E-state index is 12.4. The average Bonchev–Trinajstić information content (AvgIpc) is 2.44.